The maximum Gasteiger partial charge on any atom is 0.341 e. The molecule has 1 aliphatic rings. The first-order chi connectivity index (χ1) is 11.4. The molecule has 0 spiro atoms. The molecule has 3 heterocycles. The zero-order valence-corrected chi connectivity index (χ0v) is 15.3. The Kier molecular flexibility index (Phi) is 5.88. The van der Waals surface area contributed by atoms with Crippen molar-refractivity contribution in [3.05, 3.63) is 36.1 Å². The second-order valence-electron chi connectivity index (χ2n) is 5.38. The highest BCUT2D eigenvalue weighted by molar-refractivity contribution is 7.89. The monoisotopic (exact) mass is 390 g/mol. The van der Waals surface area contributed by atoms with Crippen molar-refractivity contribution < 1.29 is 22.4 Å². The number of imidazole rings is 1. The lowest BCUT2D eigenvalue weighted by atomic mass is 10.2. The molecule has 11 heteroatoms. The van der Waals surface area contributed by atoms with Crippen LogP contribution in [-0.2, 0) is 21.8 Å². The highest BCUT2D eigenvalue weighted by Crippen LogP contribution is 2.28. The van der Waals surface area contributed by atoms with E-state index in [2.05, 4.69) is 15.0 Å². The number of furan rings is 1. The highest BCUT2D eigenvalue weighted by atomic mass is 35.5. The van der Waals surface area contributed by atoms with Gasteiger partial charge in [0, 0.05) is 45.1 Å². The van der Waals surface area contributed by atoms with Crippen molar-refractivity contribution in [2.24, 2.45) is 7.05 Å². The van der Waals surface area contributed by atoms with Crippen molar-refractivity contribution in [3.63, 3.8) is 0 Å². The summed E-state index contributed by atoms with van der Waals surface area (Å²) in [6.45, 7) is 1.23. The molecule has 2 aromatic heterocycles. The van der Waals surface area contributed by atoms with E-state index in [4.69, 9.17) is 4.42 Å². The third-order valence-electron chi connectivity index (χ3n) is 3.91. The smallest absolute Gasteiger partial charge is 0.341 e. The molecule has 1 saturated heterocycles. The number of aryl methyl sites for hydroxylation is 1. The van der Waals surface area contributed by atoms with Gasteiger partial charge in [0.25, 0.3) is 10.0 Å². The summed E-state index contributed by atoms with van der Waals surface area (Å²) in [5.74, 6) is -0.0216. The number of rotatable bonds is 4. The zero-order valence-electron chi connectivity index (χ0n) is 13.7. The van der Waals surface area contributed by atoms with E-state index >= 15 is 0 Å². The van der Waals surface area contributed by atoms with Crippen molar-refractivity contribution in [1.29, 1.82) is 0 Å². The third kappa shape index (κ3) is 3.56. The van der Waals surface area contributed by atoms with Crippen LogP contribution < -0.4 is 5.32 Å². The van der Waals surface area contributed by atoms with E-state index in [1.54, 1.807) is 17.0 Å². The van der Waals surface area contributed by atoms with Gasteiger partial charge in [0.15, 0.2) is 0 Å². The topological polar surface area (TPSA) is 107 Å². The van der Waals surface area contributed by atoms with Gasteiger partial charge in [-0.1, -0.05) is 0 Å². The minimum atomic E-state index is -3.91. The number of sulfonamides is 1. The number of ether oxygens (including phenoxy) is 1. The molecular formula is C14H19ClN4O5S. The molecule has 1 atom stereocenters. The van der Waals surface area contributed by atoms with Crippen LogP contribution in [0.4, 0.5) is 0 Å². The van der Waals surface area contributed by atoms with Crippen LogP contribution in [-0.4, -0.2) is 55.0 Å². The molecule has 0 radical (unpaired) electrons. The molecule has 0 bridgehead atoms. The molecule has 138 valence electrons. The molecule has 9 nitrogen and oxygen atoms in total. The molecule has 2 aromatic rings. The number of methoxy groups -OCH3 is 1. The number of nitrogens with zero attached hydrogens (tertiary/aromatic N) is 3. The van der Waals surface area contributed by atoms with E-state index in [-0.39, 0.29) is 29.6 Å². The summed E-state index contributed by atoms with van der Waals surface area (Å²) >= 11 is 0. The number of nitrogens with one attached hydrogen (secondary N) is 1. The molecule has 1 aliphatic heterocycles. The minimum Gasteiger partial charge on any atom is -0.465 e. The standard InChI is InChI=1S/C14H18N4O5S.ClH/c1-17-5-4-16-13(17)11-8-15-3-6-18(11)24(20,21)12-7-10(9-23-12)14(19)22-2;/h4-5,7,9,11,15H,3,6,8H2,1-2H3;1H. The van der Waals surface area contributed by atoms with Gasteiger partial charge < -0.3 is 19.0 Å². The summed E-state index contributed by atoms with van der Waals surface area (Å²) in [7, 11) is -0.881. The number of carbonyl (C=O) groups is 1. The van der Waals surface area contributed by atoms with Gasteiger partial charge in [-0.25, -0.2) is 18.2 Å². The van der Waals surface area contributed by atoms with Crippen LogP contribution in [0.25, 0.3) is 0 Å². The van der Waals surface area contributed by atoms with Crippen LogP contribution in [0, 0.1) is 0 Å². The Morgan fingerprint density at radius 3 is 2.88 bits per heavy atom. The highest BCUT2D eigenvalue weighted by Gasteiger charge is 2.38. The second-order valence-corrected chi connectivity index (χ2v) is 7.20. The van der Waals surface area contributed by atoms with Crippen LogP contribution >= 0.6 is 12.4 Å². The lowest BCUT2D eigenvalue weighted by Crippen LogP contribution is -2.49. The largest absolute Gasteiger partial charge is 0.465 e. The fraction of sp³-hybridized carbons (Fsp3) is 0.429. The van der Waals surface area contributed by atoms with Gasteiger partial charge >= 0.3 is 5.97 Å². The summed E-state index contributed by atoms with van der Waals surface area (Å²) < 4.78 is 38.7. The number of hydrogen-bond acceptors (Lipinski definition) is 7. The van der Waals surface area contributed by atoms with Crippen molar-refractivity contribution in [2.45, 2.75) is 11.1 Å². The molecule has 1 N–H and O–H groups in total. The van der Waals surface area contributed by atoms with Gasteiger partial charge in [0.2, 0.25) is 5.09 Å². The first-order valence-corrected chi connectivity index (χ1v) is 8.76. The first kappa shape index (κ1) is 19.4. The Hall–Kier alpha value is -1.88. The SMILES string of the molecule is COC(=O)c1coc(S(=O)(=O)N2CCNCC2c2nccn2C)c1.Cl. The predicted octanol–water partition coefficient (Wildman–Crippen LogP) is 0.557. The number of carbonyl (C=O) groups excluding carboxylic acids is 1. The fourth-order valence-electron chi connectivity index (χ4n) is 2.68. The van der Waals surface area contributed by atoms with Crippen LogP contribution in [0.2, 0.25) is 0 Å². The average molecular weight is 391 g/mol. The Labute approximate surface area is 151 Å². The lowest BCUT2D eigenvalue weighted by Gasteiger charge is -2.33. The van der Waals surface area contributed by atoms with Crippen LogP contribution in [0.3, 0.4) is 0 Å². The fourth-order valence-corrected chi connectivity index (χ4v) is 4.20. The van der Waals surface area contributed by atoms with Crippen molar-refractivity contribution in [2.75, 3.05) is 26.7 Å². The van der Waals surface area contributed by atoms with Gasteiger partial charge in [-0.2, -0.15) is 4.31 Å². The summed E-state index contributed by atoms with van der Waals surface area (Å²) in [4.78, 5) is 15.8. The quantitative estimate of drug-likeness (QED) is 0.760. The summed E-state index contributed by atoms with van der Waals surface area (Å²) in [6.07, 6.45) is 4.46. The zero-order chi connectivity index (χ0) is 17.3. The van der Waals surface area contributed by atoms with E-state index in [1.165, 1.54) is 17.5 Å². The molecule has 0 saturated carbocycles. The normalized spacial score (nSPS) is 18.6. The predicted molar refractivity (Wildman–Crippen MR) is 90.0 cm³/mol. The molecular weight excluding hydrogens is 372 g/mol. The van der Waals surface area contributed by atoms with E-state index in [1.807, 2.05) is 7.05 Å². The van der Waals surface area contributed by atoms with E-state index in [0.29, 0.717) is 18.9 Å². The molecule has 1 fully saturated rings. The minimum absolute atomic E-state index is 0. The number of esters is 1. The average Bonchev–Trinajstić information content (AvgIpc) is 3.23. The first-order valence-electron chi connectivity index (χ1n) is 7.31. The Balaban J connectivity index is 0.00000225. The van der Waals surface area contributed by atoms with E-state index < -0.39 is 22.0 Å². The maximum absolute atomic E-state index is 12.9. The number of aromatic nitrogens is 2. The maximum atomic E-state index is 12.9. The lowest BCUT2D eigenvalue weighted by molar-refractivity contribution is 0.0600. The molecule has 3 rings (SSSR count). The molecule has 0 amide bonds. The molecule has 25 heavy (non-hydrogen) atoms. The van der Waals surface area contributed by atoms with Crippen molar-refractivity contribution >= 4 is 28.4 Å². The van der Waals surface area contributed by atoms with Crippen molar-refractivity contribution in [3.8, 4) is 0 Å². The Bertz CT molecular complexity index is 847. The Morgan fingerprint density at radius 2 is 2.24 bits per heavy atom. The summed E-state index contributed by atoms with van der Waals surface area (Å²) in [5.41, 5.74) is 0.0553. The number of piperazine rings is 1. The number of hydrogen-bond donors (Lipinski definition) is 1. The van der Waals surface area contributed by atoms with Crippen LogP contribution in [0.15, 0.2) is 34.2 Å². The second kappa shape index (κ2) is 7.56. The van der Waals surface area contributed by atoms with Gasteiger partial charge in [-0.05, 0) is 0 Å². The van der Waals surface area contributed by atoms with Gasteiger partial charge in [0.05, 0.1) is 18.7 Å². The van der Waals surface area contributed by atoms with Gasteiger partial charge in [-0.15, -0.1) is 12.4 Å². The summed E-state index contributed by atoms with van der Waals surface area (Å²) in [5, 5.41) is 2.88. The molecule has 0 aliphatic carbocycles. The van der Waals surface area contributed by atoms with E-state index in [0.717, 1.165) is 6.26 Å². The molecule has 0 aromatic carbocycles. The van der Waals surface area contributed by atoms with E-state index in [9.17, 15) is 13.2 Å². The van der Waals surface area contributed by atoms with Gasteiger partial charge in [0.1, 0.15) is 12.1 Å². The van der Waals surface area contributed by atoms with Crippen LogP contribution in [0.1, 0.15) is 22.2 Å². The van der Waals surface area contributed by atoms with Crippen molar-refractivity contribution in [1.82, 2.24) is 19.2 Å². The summed E-state index contributed by atoms with van der Waals surface area (Å²) in [6, 6.07) is 0.717. The third-order valence-corrected chi connectivity index (χ3v) is 5.69. The van der Waals surface area contributed by atoms with Crippen LogP contribution in [0.5, 0.6) is 0 Å². The molecule has 1 unspecified atom stereocenters. The van der Waals surface area contributed by atoms with Gasteiger partial charge in [-0.3, -0.25) is 0 Å². The Morgan fingerprint density at radius 1 is 1.48 bits per heavy atom. The number of halogens is 1.